The Hall–Kier alpha value is -1.20. The van der Waals surface area contributed by atoms with Crippen LogP contribution >= 0.6 is 0 Å². The molecular weight excluding hydrogens is 230 g/mol. The number of quaternary nitrogens is 1. The molecule has 0 saturated heterocycles. The van der Waals surface area contributed by atoms with Crippen LogP contribution in [0.15, 0.2) is 42.5 Å². The average Bonchev–Trinajstić information content (AvgIpc) is 2.34. The highest BCUT2D eigenvalue weighted by molar-refractivity contribution is 5.16. The van der Waals surface area contributed by atoms with Gasteiger partial charge in [-0.2, -0.15) is 0 Å². The SMILES string of the molecule is CC(C)C=C[C@@H](O)[C@H](Cc1ccccc1)[NH+]([O-])O. The maximum atomic E-state index is 11.2. The molecule has 1 rings (SSSR count). The first-order valence-corrected chi connectivity index (χ1v) is 6.14. The molecule has 0 aliphatic rings. The molecule has 3 atom stereocenters. The van der Waals surface area contributed by atoms with Gasteiger partial charge in [0.15, 0.2) is 6.04 Å². The summed E-state index contributed by atoms with van der Waals surface area (Å²) in [6, 6.07) is 8.55. The third-order valence-electron chi connectivity index (χ3n) is 2.72. The molecule has 4 nitrogen and oxygen atoms in total. The number of rotatable bonds is 6. The second kappa shape index (κ2) is 7.28. The van der Waals surface area contributed by atoms with Crippen molar-refractivity contribution in [2.75, 3.05) is 0 Å². The number of hydroxylamine groups is 2. The largest absolute Gasteiger partial charge is 0.600 e. The molecule has 0 aliphatic carbocycles. The molecule has 0 bridgehead atoms. The predicted molar refractivity (Wildman–Crippen MR) is 70.0 cm³/mol. The van der Waals surface area contributed by atoms with Crippen molar-refractivity contribution in [2.45, 2.75) is 32.4 Å². The van der Waals surface area contributed by atoms with Gasteiger partial charge in [-0.05, 0) is 11.5 Å². The Morgan fingerprint density at radius 3 is 2.33 bits per heavy atom. The van der Waals surface area contributed by atoms with Crippen molar-refractivity contribution in [1.82, 2.24) is 0 Å². The normalized spacial score (nSPS) is 17.0. The lowest BCUT2D eigenvalue weighted by molar-refractivity contribution is -1.07. The van der Waals surface area contributed by atoms with Crippen molar-refractivity contribution in [2.24, 2.45) is 5.92 Å². The fourth-order valence-corrected chi connectivity index (χ4v) is 1.69. The molecule has 4 heteroatoms. The summed E-state index contributed by atoms with van der Waals surface area (Å²) in [4.78, 5) is 0. The van der Waals surface area contributed by atoms with Crippen LogP contribution in [-0.4, -0.2) is 22.5 Å². The molecule has 1 aromatic carbocycles. The predicted octanol–water partition coefficient (Wildman–Crippen LogP) is 0.943. The Bertz CT molecular complexity index is 363. The first-order valence-electron chi connectivity index (χ1n) is 6.14. The van der Waals surface area contributed by atoms with Crippen LogP contribution in [0, 0.1) is 11.1 Å². The van der Waals surface area contributed by atoms with Gasteiger partial charge < -0.3 is 10.3 Å². The van der Waals surface area contributed by atoms with Crippen LogP contribution in [0.2, 0.25) is 0 Å². The van der Waals surface area contributed by atoms with Gasteiger partial charge in [0.25, 0.3) is 0 Å². The summed E-state index contributed by atoms with van der Waals surface area (Å²) in [5, 5.41) is 29.3. The fraction of sp³-hybridized carbons (Fsp3) is 0.429. The van der Waals surface area contributed by atoms with E-state index < -0.39 is 17.4 Å². The van der Waals surface area contributed by atoms with Gasteiger partial charge in [0.1, 0.15) is 6.10 Å². The number of hydrogen-bond donors (Lipinski definition) is 3. The maximum absolute atomic E-state index is 11.2. The highest BCUT2D eigenvalue weighted by Crippen LogP contribution is 2.06. The molecular formula is C14H21NO3. The Labute approximate surface area is 108 Å². The molecule has 0 amide bonds. The summed E-state index contributed by atoms with van der Waals surface area (Å²) >= 11 is 0. The van der Waals surface area contributed by atoms with Crippen LogP contribution in [-0.2, 0) is 6.42 Å². The summed E-state index contributed by atoms with van der Waals surface area (Å²) in [5.41, 5.74) is 0.918. The van der Waals surface area contributed by atoms with E-state index in [2.05, 4.69) is 0 Å². The molecule has 0 radical (unpaired) electrons. The van der Waals surface area contributed by atoms with Gasteiger partial charge >= 0.3 is 0 Å². The van der Waals surface area contributed by atoms with Crippen LogP contribution in [0.4, 0.5) is 0 Å². The van der Waals surface area contributed by atoms with Gasteiger partial charge in [0, 0.05) is 6.42 Å². The number of aliphatic hydroxyl groups excluding tert-OH is 1. The van der Waals surface area contributed by atoms with E-state index >= 15 is 0 Å². The topological polar surface area (TPSA) is 68.0 Å². The minimum Gasteiger partial charge on any atom is -0.600 e. The zero-order valence-electron chi connectivity index (χ0n) is 10.8. The fourth-order valence-electron chi connectivity index (χ4n) is 1.69. The zero-order valence-corrected chi connectivity index (χ0v) is 10.8. The third-order valence-corrected chi connectivity index (χ3v) is 2.72. The van der Waals surface area contributed by atoms with E-state index in [4.69, 9.17) is 0 Å². The third kappa shape index (κ3) is 4.98. The van der Waals surface area contributed by atoms with Crippen molar-refractivity contribution in [1.29, 1.82) is 0 Å². The minimum atomic E-state index is -0.972. The van der Waals surface area contributed by atoms with Gasteiger partial charge in [0.2, 0.25) is 0 Å². The summed E-state index contributed by atoms with van der Waals surface area (Å²) in [7, 11) is 0. The minimum absolute atomic E-state index is 0.297. The van der Waals surface area contributed by atoms with E-state index in [0.717, 1.165) is 5.56 Å². The lowest BCUT2D eigenvalue weighted by atomic mass is 10.0. The Balaban J connectivity index is 2.71. The molecule has 18 heavy (non-hydrogen) atoms. The lowest BCUT2D eigenvalue weighted by Gasteiger charge is -2.27. The Morgan fingerprint density at radius 2 is 1.83 bits per heavy atom. The Morgan fingerprint density at radius 1 is 1.22 bits per heavy atom. The number of nitrogens with one attached hydrogen (secondary N) is 1. The number of allylic oxidation sites excluding steroid dienone is 1. The van der Waals surface area contributed by atoms with E-state index in [1.807, 2.05) is 50.3 Å². The van der Waals surface area contributed by atoms with Crippen LogP contribution in [0.1, 0.15) is 19.4 Å². The Kier molecular flexibility index (Phi) is 6.01. The molecule has 0 aromatic heterocycles. The number of benzene rings is 1. The molecule has 0 aliphatic heterocycles. The molecule has 1 aromatic rings. The first-order chi connectivity index (χ1) is 8.50. The molecule has 0 spiro atoms. The van der Waals surface area contributed by atoms with E-state index in [1.165, 1.54) is 0 Å². The first kappa shape index (κ1) is 14.9. The van der Waals surface area contributed by atoms with E-state index in [1.54, 1.807) is 6.08 Å². The summed E-state index contributed by atoms with van der Waals surface area (Å²) in [6.45, 7) is 3.96. The second-order valence-corrected chi connectivity index (χ2v) is 4.75. The van der Waals surface area contributed by atoms with Crippen LogP contribution in [0.25, 0.3) is 0 Å². The van der Waals surface area contributed by atoms with Gasteiger partial charge in [0.05, 0.1) is 0 Å². The molecule has 1 unspecified atom stereocenters. The summed E-state index contributed by atoms with van der Waals surface area (Å²) in [5.74, 6) is 0.297. The summed E-state index contributed by atoms with van der Waals surface area (Å²) < 4.78 is 0. The van der Waals surface area contributed by atoms with Gasteiger partial charge in [-0.25, -0.2) is 10.4 Å². The van der Waals surface area contributed by atoms with E-state index in [9.17, 15) is 15.5 Å². The number of aliphatic hydroxyl groups is 1. The monoisotopic (exact) mass is 251 g/mol. The highest BCUT2D eigenvalue weighted by atomic mass is 16.8. The van der Waals surface area contributed by atoms with E-state index in [-0.39, 0.29) is 0 Å². The average molecular weight is 251 g/mol. The van der Waals surface area contributed by atoms with Crippen LogP contribution < -0.4 is 5.23 Å². The standard InChI is InChI=1S/C14H21NO3/c1-11(2)8-9-14(16)13(15(17)18)10-12-6-4-3-5-7-12/h3-9,11,13-17H,10H2,1-2H3/t13-,14+/m0/s1. The van der Waals surface area contributed by atoms with Crippen molar-refractivity contribution in [3.05, 3.63) is 53.3 Å². The van der Waals surface area contributed by atoms with Crippen molar-refractivity contribution in [3.63, 3.8) is 0 Å². The smallest absolute Gasteiger partial charge is 0.151 e. The van der Waals surface area contributed by atoms with E-state index in [0.29, 0.717) is 12.3 Å². The molecule has 0 heterocycles. The molecule has 0 saturated carbocycles. The second-order valence-electron chi connectivity index (χ2n) is 4.75. The number of hydrogen-bond acceptors (Lipinski definition) is 3. The van der Waals surface area contributed by atoms with Crippen molar-refractivity contribution >= 4 is 0 Å². The quantitative estimate of drug-likeness (QED) is 0.521. The molecule has 100 valence electrons. The lowest BCUT2D eigenvalue weighted by Crippen LogP contribution is -3.10. The summed E-state index contributed by atoms with van der Waals surface area (Å²) in [6.07, 6.45) is 2.78. The maximum Gasteiger partial charge on any atom is 0.151 e. The van der Waals surface area contributed by atoms with Crippen molar-refractivity contribution < 1.29 is 15.5 Å². The molecule has 0 fully saturated rings. The van der Waals surface area contributed by atoms with Gasteiger partial charge in [-0.3, -0.25) is 0 Å². The van der Waals surface area contributed by atoms with Crippen LogP contribution in [0.5, 0.6) is 0 Å². The zero-order chi connectivity index (χ0) is 13.5. The molecule has 3 N–H and O–H groups in total. The van der Waals surface area contributed by atoms with Crippen LogP contribution in [0.3, 0.4) is 0 Å². The van der Waals surface area contributed by atoms with Crippen molar-refractivity contribution in [3.8, 4) is 0 Å². The van der Waals surface area contributed by atoms with Gasteiger partial charge in [-0.15, -0.1) is 0 Å². The highest BCUT2D eigenvalue weighted by Gasteiger charge is 2.23. The van der Waals surface area contributed by atoms with Gasteiger partial charge in [-0.1, -0.05) is 56.3 Å².